The minimum atomic E-state index is -2.19. The van der Waals surface area contributed by atoms with E-state index in [1.54, 1.807) is 0 Å². The number of carboxylic acids is 6. The molecule has 0 aliphatic carbocycles. The van der Waals surface area contributed by atoms with Crippen LogP contribution in [0.25, 0.3) is 0 Å². The van der Waals surface area contributed by atoms with Crippen molar-refractivity contribution in [3.05, 3.63) is 0 Å². The first-order chi connectivity index (χ1) is 7.93. The molecular weight excluding hydrogens is 518 g/mol. The zero-order chi connectivity index (χ0) is 15.5. The Morgan fingerprint density at radius 3 is 0.700 bits per heavy atom. The largest absolute Gasteiger partial charge is 3.00 e. The van der Waals surface area contributed by atoms with Crippen molar-refractivity contribution in [1.29, 1.82) is 0 Å². The van der Waals surface area contributed by atoms with E-state index in [0.717, 1.165) is 0 Å². The van der Waals surface area contributed by atoms with Gasteiger partial charge in [0.15, 0.2) is 5.97 Å². The van der Waals surface area contributed by atoms with Crippen LogP contribution < -0.4 is 15.3 Å². The average molecular weight is 523 g/mol. The summed E-state index contributed by atoms with van der Waals surface area (Å²) in [6.45, 7) is 0. The van der Waals surface area contributed by atoms with Crippen LogP contribution in [0.1, 0.15) is 0 Å². The predicted octanol–water partition coefficient (Wildman–Crippen LogP) is -7.36. The number of hydrogen-bond acceptors (Lipinski definition) is 9. The standard InChI is InChI=1S/3C2H2O4.H2O.U/c3*3-1(4)2(5)6;;/h3*(H,3,4)(H,5,6);1H2;/q;;;;+3/p-3. The first-order valence-corrected chi connectivity index (χ1v) is 3.26. The molecule has 0 unspecified atom stereocenters. The van der Waals surface area contributed by atoms with Crippen LogP contribution in [0.4, 0.5) is 0 Å². The molecule has 0 aromatic heterocycles. The van der Waals surface area contributed by atoms with Crippen molar-refractivity contribution in [3.8, 4) is 0 Å². The molecule has 0 aromatic rings. The second-order valence-electron chi connectivity index (χ2n) is 1.78. The van der Waals surface area contributed by atoms with Crippen molar-refractivity contribution < 1.29 is 96.0 Å². The van der Waals surface area contributed by atoms with E-state index in [1.165, 1.54) is 0 Å². The summed E-state index contributed by atoms with van der Waals surface area (Å²) >= 11 is 0. The monoisotopic (exact) mass is 523 g/mol. The Balaban J connectivity index is -0.0000000536. The minimum absolute atomic E-state index is 0. The van der Waals surface area contributed by atoms with E-state index in [1.807, 2.05) is 0 Å². The molecule has 0 atom stereocenters. The van der Waals surface area contributed by atoms with Crippen LogP contribution >= 0.6 is 0 Å². The van der Waals surface area contributed by atoms with Crippen molar-refractivity contribution in [2.75, 3.05) is 0 Å². The van der Waals surface area contributed by atoms with Crippen molar-refractivity contribution in [1.82, 2.24) is 0 Å². The number of rotatable bonds is 0. The summed E-state index contributed by atoms with van der Waals surface area (Å²) in [4.78, 5) is 54.1. The van der Waals surface area contributed by atoms with Gasteiger partial charge in [0.2, 0.25) is 0 Å². The van der Waals surface area contributed by atoms with E-state index in [4.69, 9.17) is 59.4 Å². The van der Waals surface area contributed by atoms with E-state index in [9.17, 15) is 0 Å². The van der Waals surface area contributed by atoms with E-state index < -0.39 is 35.8 Å². The SMILES string of the molecule is O.O=C(O)C(=O)O.O=C([O-])C(=O)O.O=C([O-])C(=O)[O-].[U+3]. The molecule has 0 saturated carbocycles. The molecule has 13 nitrogen and oxygen atoms in total. The van der Waals surface area contributed by atoms with Crippen LogP contribution in [0, 0.1) is 31.1 Å². The summed E-state index contributed by atoms with van der Waals surface area (Å²) in [5, 5.41) is 49.0. The average Bonchev–Trinajstić information content (AvgIpc) is 2.18. The Morgan fingerprint density at radius 2 is 0.700 bits per heavy atom. The number of hydrogen-bond donors (Lipinski definition) is 3. The summed E-state index contributed by atoms with van der Waals surface area (Å²) in [7, 11) is 0. The molecule has 0 fully saturated rings. The third kappa shape index (κ3) is 36.0. The molecule has 0 aliphatic heterocycles. The molecule has 0 amide bonds. The molecule has 0 bridgehead atoms. The summed E-state index contributed by atoms with van der Waals surface area (Å²) in [6, 6.07) is 0. The molecule has 14 heteroatoms. The third-order valence-electron chi connectivity index (χ3n) is 0.524. The maximum atomic E-state index is 9.10. The first kappa shape index (κ1) is 30.7. The second kappa shape index (κ2) is 16.8. The van der Waals surface area contributed by atoms with Crippen molar-refractivity contribution >= 4 is 35.8 Å². The molecule has 1 radical (unpaired) electrons. The third-order valence-corrected chi connectivity index (χ3v) is 0.524. The summed E-state index contributed by atoms with van der Waals surface area (Å²) < 4.78 is 0. The topological polar surface area (TPSA) is 264 Å². The molecule has 0 aromatic carbocycles. The van der Waals surface area contributed by atoms with Gasteiger partial charge in [-0.15, -0.1) is 0 Å². The Hall–Kier alpha value is -2.17. The molecule has 0 saturated heterocycles. The normalized spacial score (nSPS) is 6.60. The zero-order valence-electron chi connectivity index (χ0n) is 9.02. The van der Waals surface area contributed by atoms with Gasteiger partial charge in [0, 0.05) is 0 Å². The number of carbonyl (C=O) groups excluding carboxylic acids is 3. The molecule has 0 heterocycles. The van der Waals surface area contributed by atoms with Crippen LogP contribution in [0.3, 0.4) is 0 Å². The fourth-order valence-corrected chi connectivity index (χ4v) is 0. The smallest absolute Gasteiger partial charge is 0.543 e. The molecule has 0 spiro atoms. The van der Waals surface area contributed by atoms with Crippen LogP contribution in [0.2, 0.25) is 0 Å². The first-order valence-electron chi connectivity index (χ1n) is 3.26. The number of carboxylic acid groups (broad SMARTS) is 6. The van der Waals surface area contributed by atoms with Crippen molar-refractivity contribution in [3.63, 3.8) is 0 Å². The van der Waals surface area contributed by atoms with Gasteiger partial charge in [-0.25, -0.2) is 14.4 Å². The molecule has 20 heavy (non-hydrogen) atoms. The van der Waals surface area contributed by atoms with Gasteiger partial charge in [0.25, 0.3) is 0 Å². The van der Waals surface area contributed by atoms with Crippen LogP contribution in [0.15, 0.2) is 0 Å². The number of aliphatic carboxylic acids is 6. The van der Waals surface area contributed by atoms with Gasteiger partial charge in [-0.2, -0.15) is 0 Å². The van der Waals surface area contributed by atoms with Gasteiger partial charge in [-0.05, 0) is 0 Å². The summed E-state index contributed by atoms with van der Waals surface area (Å²) in [5.74, 6) is -12.0. The predicted molar refractivity (Wildman–Crippen MR) is 41.5 cm³/mol. The van der Waals surface area contributed by atoms with Gasteiger partial charge in [0.1, 0.15) is 0 Å². The summed E-state index contributed by atoms with van der Waals surface area (Å²) in [6.07, 6.45) is 0. The van der Waals surface area contributed by atoms with Crippen LogP contribution in [-0.2, 0) is 28.8 Å². The van der Waals surface area contributed by atoms with Crippen molar-refractivity contribution in [2.24, 2.45) is 0 Å². The van der Waals surface area contributed by atoms with Gasteiger partial charge in [0.05, 0.1) is 11.9 Å². The fourth-order valence-electron chi connectivity index (χ4n) is 0. The molecule has 0 aliphatic rings. The Kier molecular flexibility index (Phi) is 25.8. The Bertz CT molecular complexity index is 278. The van der Waals surface area contributed by atoms with Gasteiger partial charge >= 0.3 is 49.0 Å². The van der Waals surface area contributed by atoms with E-state index in [0.29, 0.717) is 0 Å². The van der Waals surface area contributed by atoms with Gasteiger partial charge < -0.3 is 50.5 Å². The quantitative estimate of drug-likeness (QED) is 0.250. The maximum absolute atomic E-state index is 9.10. The Morgan fingerprint density at radius 1 is 0.550 bits per heavy atom. The number of carbonyl (C=O) groups is 6. The molecule has 111 valence electrons. The fraction of sp³-hybridized carbons (Fsp3) is 0. The van der Waals surface area contributed by atoms with E-state index in [2.05, 4.69) is 0 Å². The van der Waals surface area contributed by atoms with Crippen molar-refractivity contribution in [2.45, 2.75) is 0 Å². The van der Waals surface area contributed by atoms with Crippen LogP contribution in [-0.4, -0.2) is 56.6 Å². The van der Waals surface area contributed by atoms with E-state index >= 15 is 0 Å². The second-order valence-corrected chi connectivity index (χ2v) is 1.78. The van der Waals surface area contributed by atoms with Crippen LogP contribution in [0.5, 0.6) is 0 Å². The molecule has 0 rings (SSSR count). The molecule has 5 N–H and O–H groups in total. The van der Waals surface area contributed by atoms with Gasteiger partial charge in [-0.1, -0.05) is 0 Å². The zero-order valence-corrected chi connectivity index (χ0v) is 13.2. The molecular formula is C6H5O13U. The Labute approximate surface area is 132 Å². The summed E-state index contributed by atoms with van der Waals surface area (Å²) in [5.41, 5.74) is 0. The van der Waals surface area contributed by atoms with Gasteiger partial charge in [-0.3, -0.25) is 0 Å². The minimum Gasteiger partial charge on any atom is -0.543 e. The maximum Gasteiger partial charge on any atom is 3.00 e. The van der Waals surface area contributed by atoms with E-state index in [-0.39, 0.29) is 36.6 Å².